The summed E-state index contributed by atoms with van der Waals surface area (Å²) < 4.78 is 6.31. The summed E-state index contributed by atoms with van der Waals surface area (Å²) >= 11 is 2.03. The number of aromatic nitrogens is 1. The maximum Gasteiger partial charge on any atom is 0.339 e. The quantitative estimate of drug-likeness (QED) is 0.647. The smallest absolute Gasteiger partial charge is 0.339 e. The molecule has 0 saturated carbocycles. The zero-order valence-corrected chi connectivity index (χ0v) is 12.6. The first-order chi connectivity index (χ1) is 9.47. The van der Waals surface area contributed by atoms with Crippen molar-refractivity contribution in [2.75, 3.05) is 0 Å². The lowest BCUT2D eigenvalue weighted by atomic mass is 10.2. The SMILES string of the molecule is CC(=O)c1ccc(Oc2ccc(I)cc2C(=O)O)cn1. The highest BCUT2D eigenvalue weighted by molar-refractivity contribution is 14.1. The number of ether oxygens (including phenoxy) is 1. The second kappa shape index (κ2) is 6.00. The van der Waals surface area contributed by atoms with Crippen molar-refractivity contribution in [2.45, 2.75) is 6.92 Å². The number of benzene rings is 1. The van der Waals surface area contributed by atoms with E-state index in [0.29, 0.717) is 11.4 Å². The number of rotatable bonds is 4. The summed E-state index contributed by atoms with van der Waals surface area (Å²) in [4.78, 5) is 26.2. The Kier molecular flexibility index (Phi) is 4.33. The van der Waals surface area contributed by atoms with Crippen molar-refractivity contribution < 1.29 is 19.4 Å². The topological polar surface area (TPSA) is 76.5 Å². The van der Waals surface area contributed by atoms with Crippen molar-refractivity contribution in [3.05, 3.63) is 51.4 Å². The molecular weight excluding hydrogens is 373 g/mol. The molecule has 0 aliphatic carbocycles. The van der Waals surface area contributed by atoms with E-state index in [1.165, 1.54) is 25.3 Å². The predicted octanol–water partition coefficient (Wildman–Crippen LogP) is 3.38. The molecule has 1 aromatic carbocycles. The van der Waals surface area contributed by atoms with Gasteiger partial charge in [0, 0.05) is 10.5 Å². The van der Waals surface area contributed by atoms with Gasteiger partial charge in [-0.25, -0.2) is 9.78 Å². The Hall–Kier alpha value is -1.96. The molecule has 0 saturated heterocycles. The molecule has 1 N–H and O–H groups in total. The van der Waals surface area contributed by atoms with Crippen LogP contribution in [0.15, 0.2) is 36.5 Å². The number of carboxylic acid groups (broad SMARTS) is 1. The van der Waals surface area contributed by atoms with Crippen LogP contribution in [0.2, 0.25) is 0 Å². The molecule has 0 aliphatic heterocycles. The van der Waals surface area contributed by atoms with Crippen LogP contribution in [0.25, 0.3) is 0 Å². The van der Waals surface area contributed by atoms with E-state index in [9.17, 15) is 9.59 Å². The molecule has 0 atom stereocenters. The number of carbonyl (C=O) groups excluding carboxylic acids is 1. The molecule has 5 nitrogen and oxygen atoms in total. The fourth-order valence-electron chi connectivity index (χ4n) is 1.53. The van der Waals surface area contributed by atoms with Gasteiger partial charge in [-0.05, 0) is 52.9 Å². The average molecular weight is 383 g/mol. The number of Topliss-reactive ketones (excluding diaryl/α,β-unsaturated/α-hetero) is 1. The van der Waals surface area contributed by atoms with E-state index in [2.05, 4.69) is 4.98 Å². The maximum absolute atomic E-state index is 11.2. The van der Waals surface area contributed by atoms with E-state index in [1.807, 2.05) is 22.6 Å². The highest BCUT2D eigenvalue weighted by Gasteiger charge is 2.13. The Morgan fingerprint density at radius 3 is 2.55 bits per heavy atom. The van der Waals surface area contributed by atoms with Crippen LogP contribution in [0.3, 0.4) is 0 Å². The van der Waals surface area contributed by atoms with E-state index in [1.54, 1.807) is 18.2 Å². The van der Waals surface area contributed by atoms with Crippen LogP contribution < -0.4 is 4.74 Å². The third kappa shape index (κ3) is 3.32. The Bertz CT molecular complexity index is 667. The molecule has 0 radical (unpaired) electrons. The number of ketones is 1. The number of carboxylic acids is 1. The first kappa shape index (κ1) is 14.4. The Morgan fingerprint density at radius 1 is 1.25 bits per heavy atom. The van der Waals surface area contributed by atoms with Crippen molar-refractivity contribution in [3.63, 3.8) is 0 Å². The van der Waals surface area contributed by atoms with Gasteiger partial charge in [0.2, 0.25) is 0 Å². The largest absolute Gasteiger partial charge is 0.478 e. The summed E-state index contributed by atoms with van der Waals surface area (Å²) in [6, 6.07) is 7.97. The van der Waals surface area contributed by atoms with E-state index in [4.69, 9.17) is 9.84 Å². The predicted molar refractivity (Wildman–Crippen MR) is 80.4 cm³/mol. The zero-order chi connectivity index (χ0) is 14.7. The van der Waals surface area contributed by atoms with E-state index in [-0.39, 0.29) is 17.1 Å². The third-order valence-corrected chi connectivity index (χ3v) is 3.17. The van der Waals surface area contributed by atoms with Crippen LogP contribution in [-0.2, 0) is 0 Å². The van der Waals surface area contributed by atoms with Crippen LogP contribution >= 0.6 is 22.6 Å². The monoisotopic (exact) mass is 383 g/mol. The molecule has 2 aromatic rings. The molecular formula is C14H10INO4. The van der Waals surface area contributed by atoms with Crippen LogP contribution in [0.1, 0.15) is 27.8 Å². The molecule has 0 aliphatic rings. The molecule has 1 heterocycles. The Balaban J connectivity index is 2.30. The number of hydrogen-bond donors (Lipinski definition) is 1. The molecule has 0 amide bonds. The highest BCUT2D eigenvalue weighted by atomic mass is 127. The molecule has 0 unspecified atom stereocenters. The normalized spacial score (nSPS) is 10.1. The van der Waals surface area contributed by atoms with Crippen LogP contribution in [0.4, 0.5) is 0 Å². The lowest BCUT2D eigenvalue weighted by Crippen LogP contribution is -2.01. The van der Waals surface area contributed by atoms with Crippen LogP contribution in [0.5, 0.6) is 11.5 Å². The summed E-state index contributed by atoms with van der Waals surface area (Å²) in [7, 11) is 0. The standard InChI is InChI=1S/C14H10INO4/c1-8(17)12-4-3-10(7-16-12)20-13-5-2-9(15)6-11(13)14(18)19/h2-7H,1H3,(H,18,19). The number of halogens is 1. The van der Waals surface area contributed by atoms with Crippen molar-refractivity contribution in [3.8, 4) is 11.5 Å². The van der Waals surface area contributed by atoms with Crippen molar-refractivity contribution in [2.24, 2.45) is 0 Å². The molecule has 2 rings (SSSR count). The third-order valence-electron chi connectivity index (χ3n) is 2.50. The fourth-order valence-corrected chi connectivity index (χ4v) is 2.03. The molecule has 0 bridgehead atoms. The maximum atomic E-state index is 11.2. The van der Waals surface area contributed by atoms with Gasteiger partial charge in [0.25, 0.3) is 0 Å². The molecule has 102 valence electrons. The minimum Gasteiger partial charge on any atom is -0.478 e. The Morgan fingerprint density at radius 2 is 2.00 bits per heavy atom. The van der Waals surface area contributed by atoms with Crippen LogP contribution in [0, 0.1) is 3.57 Å². The number of hydrogen-bond acceptors (Lipinski definition) is 4. The van der Waals surface area contributed by atoms with Gasteiger partial charge < -0.3 is 9.84 Å². The van der Waals surface area contributed by atoms with Gasteiger partial charge in [-0.2, -0.15) is 0 Å². The summed E-state index contributed by atoms with van der Waals surface area (Å²) in [5.41, 5.74) is 0.408. The number of carbonyl (C=O) groups is 2. The first-order valence-electron chi connectivity index (χ1n) is 5.65. The highest BCUT2D eigenvalue weighted by Crippen LogP contribution is 2.26. The van der Waals surface area contributed by atoms with Gasteiger partial charge in [0.15, 0.2) is 5.78 Å². The average Bonchev–Trinajstić information content (AvgIpc) is 2.41. The summed E-state index contributed by atoms with van der Waals surface area (Å²) in [6.07, 6.45) is 1.39. The van der Waals surface area contributed by atoms with Gasteiger partial charge in [0.05, 0.1) is 6.20 Å². The molecule has 0 spiro atoms. The zero-order valence-electron chi connectivity index (χ0n) is 10.5. The summed E-state index contributed by atoms with van der Waals surface area (Å²) in [6.45, 7) is 1.42. The van der Waals surface area contributed by atoms with Crippen LogP contribution in [-0.4, -0.2) is 21.8 Å². The minimum atomic E-state index is -1.06. The van der Waals surface area contributed by atoms with E-state index < -0.39 is 5.97 Å². The lowest BCUT2D eigenvalue weighted by Gasteiger charge is -2.09. The second-order valence-electron chi connectivity index (χ2n) is 3.98. The molecule has 0 fully saturated rings. The van der Waals surface area contributed by atoms with Crippen molar-refractivity contribution >= 4 is 34.3 Å². The van der Waals surface area contributed by atoms with Crippen molar-refractivity contribution in [1.82, 2.24) is 4.98 Å². The van der Waals surface area contributed by atoms with E-state index >= 15 is 0 Å². The number of pyridine rings is 1. The van der Waals surface area contributed by atoms with Gasteiger partial charge in [-0.15, -0.1) is 0 Å². The van der Waals surface area contributed by atoms with Crippen molar-refractivity contribution in [1.29, 1.82) is 0 Å². The minimum absolute atomic E-state index is 0.0764. The van der Waals surface area contributed by atoms with Gasteiger partial charge in [-0.3, -0.25) is 4.79 Å². The first-order valence-corrected chi connectivity index (χ1v) is 6.73. The lowest BCUT2D eigenvalue weighted by molar-refractivity contribution is 0.0694. The van der Waals surface area contributed by atoms with Gasteiger partial charge in [0.1, 0.15) is 22.8 Å². The molecule has 20 heavy (non-hydrogen) atoms. The summed E-state index contributed by atoms with van der Waals surface area (Å²) in [5, 5.41) is 9.14. The fraction of sp³-hybridized carbons (Fsp3) is 0.0714. The second-order valence-corrected chi connectivity index (χ2v) is 5.23. The summed E-state index contributed by atoms with van der Waals surface area (Å²) in [5.74, 6) is -0.599. The number of nitrogens with zero attached hydrogens (tertiary/aromatic N) is 1. The Labute approximate surface area is 128 Å². The molecule has 6 heteroatoms. The molecule has 1 aromatic heterocycles. The van der Waals surface area contributed by atoms with Gasteiger partial charge >= 0.3 is 5.97 Å². The van der Waals surface area contributed by atoms with E-state index in [0.717, 1.165) is 3.57 Å². The number of aromatic carboxylic acids is 1. The van der Waals surface area contributed by atoms with Gasteiger partial charge in [-0.1, -0.05) is 0 Å².